The molecule has 0 unspecified atom stereocenters. The number of nitrogens with zero attached hydrogens (tertiary/aromatic N) is 1. The second kappa shape index (κ2) is 12.3. The minimum absolute atomic E-state index is 0. The Morgan fingerprint density at radius 2 is 1.88 bits per heavy atom. The number of benzene rings is 1. The van der Waals surface area contributed by atoms with Gasteiger partial charge in [0.2, 0.25) is 0 Å². The number of aliphatic imine (C=N–C) groups is 1. The minimum Gasteiger partial charge on any atom is -0.377 e. The number of guanidine groups is 1. The van der Waals surface area contributed by atoms with Crippen molar-refractivity contribution < 1.29 is 4.74 Å². The van der Waals surface area contributed by atoms with Crippen LogP contribution in [-0.4, -0.2) is 38.8 Å². The smallest absolute Gasteiger partial charge is 0.191 e. The molecule has 1 aliphatic rings. The van der Waals surface area contributed by atoms with E-state index in [2.05, 4.69) is 60.7 Å². The standard InChI is InChI=1S/C20H31N3O.HI/c1-4-21-20(22-9-5-18-7-11-24-12-8-18)23-10-6-19-14-16(2)13-17(3)15-19;/h7,13-15H,4-6,8-12H2,1-3H3,(H2,21,22,23);1H. The van der Waals surface area contributed by atoms with Gasteiger partial charge >= 0.3 is 0 Å². The van der Waals surface area contributed by atoms with Crippen LogP contribution in [0.4, 0.5) is 0 Å². The van der Waals surface area contributed by atoms with E-state index in [0.29, 0.717) is 0 Å². The highest BCUT2D eigenvalue weighted by atomic mass is 127. The molecule has 0 atom stereocenters. The fourth-order valence-electron chi connectivity index (χ4n) is 2.98. The van der Waals surface area contributed by atoms with Gasteiger partial charge in [-0.2, -0.15) is 0 Å². The molecule has 0 aliphatic carbocycles. The van der Waals surface area contributed by atoms with Crippen molar-refractivity contribution in [2.24, 2.45) is 4.99 Å². The zero-order valence-corrected chi connectivity index (χ0v) is 18.1. The van der Waals surface area contributed by atoms with Crippen LogP contribution in [0.15, 0.2) is 34.8 Å². The van der Waals surface area contributed by atoms with Gasteiger partial charge < -0.3 is 15.4 Å². The lowest BCUT2D eigenvalue weighted by atomic mass is 10.1. The molecule has 0 bridgehead atoms. The summed E-state index contributed by atoms with van der Waals surface area (Å²) in [6, 6.07) is 6.74. The number of ether oxygens (including phenoxy) is 1. The summed E-state index contributed by atoms with van der Waals surface area (Å²) in [7, 11) is 0. The van der Waals surface area contributed by atoms with Gasteiger partial charge in [0.1, 0.15) is 0 Å². The molecular formula is C20H32IN3O. The van der Waals surface area contributed by atoms with Crippen molar-refractivity contribution in [3.8, 4) is 0 Å². The molecule has 5 heteroatoms. The van der Waals surface area contributed by atoms with Gasteiger partial charge in [-0.15, -0.1) is 24.0 Å². The lowest BCUT2D eigenvalue weighted by molar-refractivity contribution is 0.153. The highest BCUT2D eigenvalue weighted by Gasteiger charge is 2.04. The third-order valence-corrected chi connectivity index (χ3v) is 4.09. The van der Waals surface area contributed by atoms with E-state index in [1.54, 1.807) is 0 Å². The molecule has 0 saturated heterocycles. The van der Waals surface area contributed by atoms with E-state index in [1.165, 1.54) is 22.3 Å². The van der Waals surface area contributed by atoms with Crippen molar-refractivity contribution in [2.75, 3.05) is 32.8 Å². The first-order valence-electron chi connectivity index (χ1n) is 9.02. The van der Waals surface area contributed by atoms with Crippen molar-refractivity contribution in [1.82, 2.24) is 10.6 Å². The van der Waals surface area contributed by atoms with Crippen LogP contribution >= 0.6 is 24.0 Å². The number of rotatable bonds is 7. The van der Waals surface area contributed by atoms with Crippen LogP contribution in [0.3, 0.4) is 0 Å². The SMILES string of the molecule is CCNC(=NCCC1=CCOCC1)NCCc1cc(C)cc(C)c1.I. The summed E-state index contributed by atoms with van der Waals surface area (Å²) in [6.45, 7) is 10.6. The van der Waals surface area contributed by atoms with Gasteiger partial charge in [-0.25, -0.2) is 0 Å². The van der Waals surface area contributed by atoms with Gasteiger partial charge in [0, 0.05) is 19.6 Å². The summed E-state index contributed by atoms with van der Waals surface area (Å²) in [5.74, 6) is 0.912. The van der Waals surface area contributed by atoms with E-state index in [1.807, 2.05) is 0 Å². The maximum atomic E-state index is 5.34. The molecular weight excluding hydrogens is 425 g/mol. The topological polar surface area (TPSA) is 45.7 Å². The van der Waals surface area contributed by atoms with Gasteiger partial charge in [-0.05, 0) is 45.6 Å². The minimum atomic E-state index is 0. The molecule has 0 spiro atoms. The van der Waals surface area contributed by atoms with Crippen LogP contribution < -0.4 is 10.6 Å². The van der Waals surface area contributed by atoms with Crippen LogP contribution in [0.1, 0.15) is 36.5 Å². The lowest BCUT2D eigenvalue weighted by Crippen LogP contribution is -2.38. The molecule has 2 rings (SSSR count). The van der Waals surface area contributed by atoms with Crippen molar-refractivity contribution in [3.63, 3.8) is 0 Å². The summed E-state index contributed by atoms with van der Waals surface area (Å²) in [5, 5.41) is 6.76. The first-order chi connectivity index (χ1) is 11.7. The zero-order valence-electron chi connectivity index (χ0n) is 15.7. The number of hydrogen-bond acceptors (Lipinski definition) is 2. The second-order valence-electron chi connectivity index (χ2n) is 6.37. The quantitative estimate of drug-likeness (QED) is 0.284. The maximum absolute atomic E-state index is 5.34. The molecule has 2 N–H and O–H groups in total. The summed E-state index contributed by atoms with van der Waals surface area (Å²) in [6.07, 6.45) is 5.28. The Morgan fingerprint density at radius 3 is 2.52 bits per heavy atom. The predicted octanol–water partition coefficient (Wildman–Crippen LogP) is 3.76. The van der Waals surface area contributed by atoms with Gasteiger partial charge in [0.15, 0.2) is 5.96 Å². The van der Waals surface area contributed by atoms with Crippen LogP contribution in [0, 0.1) is 13.8 Å². The van der Waals surface area contributed by atoms with Crippen molar-refractivity contribution in [3.05, 3.63) is 46.5 Å². The van der Waals surface area contributed by atoms with Crippen LogP contribution in [0.2, 0.25) is 0 Å². The summed E-state index contributed by atoms with van der Waals surface area (Å²) in [5.41, 5.74) is 5.50. The molecule has 0 amide bonds. The Kier molecular flexibility index (Phi) is 10.8. The molecule has 1 aromatic carbocycles. The first-order valence-corrected chi connectivity index (χ1v) is 9.02. The zero-order chi connectivity index (χ0) is 17.2. The largest absolute Gasteiger partial charge is 0.377 e. The van der Waals surface area contributed by atoms with Gasteiger partial charge in [-0.1, -0.05) is 41.0 Å². The maximum Gasteiger partial charge on any atom is 0.191 e. The Morgan fingerprint density at radius 1 is 1.12 bits per heavy atom. The molecule has 1 heterocycles. The van der Waals surface area contributed by atoms with E-state index in [-0.39, 0.29) is 24.0 Å². The van der Waals surface area contributed by atoms with Gasteiger partial charge in [-0.3, -0.25) is 4.99 Å². The number of halogens is 1. The highest BCUT2D eigenvalue weighted by molar-refractivity contribution is 14.0. The molecule has 0 saturated carbocycles. The fraction of sp³-hybridized carbons (Fsp3) is 0.550. The highest BCUT2D eigenvalue weighted by Crippen LogP contribution is 2.11. The Balaban J connectivity index is 0.00000312. The molecule has 4 nitrogen and oxygen atoms in total. The third kappa shape index (κ3) is 8.72. The van der Waals surface area contributed by atoms with E-state index in [0.717, 1.165) is 58.1 Å². The van der Waals surface area contributed by atoms with E-state index >= 15 is 0 Å². The average Bonchev–Trinajstić information content (AvgIpc) is 2.55. The monoisotopic (exact) mass is 457 g/mol. The Bertz CT molecular complexity index is 564. The van der Waals surface area contributed by atoms with E-state index < -0.39 is 0 Å². The number of aryl methyl sites for hydroxylation is 2. The summed E-state index contributed by atoms with van der Waals surface area (Å²) < 4.78 is 5.34. The van der Waals surface area contributed by atoms with Crippen molar-refractivity contribution in [1.29, 1.82) is 0 Å². The normalized spacial score (nSPS) is 14.5. The molecule has 140 valence electrons. The van der Waals surface area contributed by atoms with Crippen LogP contribution in [0.5, 0.6) is 0 Å². The Labute approximate surface area is 169 Å². The molecule has 0 radical (unpaired) electrons. The van der Waals surface area contributed by atoms with Gasteiger partial charge in [0.05, 0.1) is 13.2 Å². The summed E-state index contributed by atoms with van der Waals surface area (Å²) >= 11 is 0. The van der Waals surface area contributed by atoms with Gasteiger partial charge in [0.25, 0.3) is 0 Å². The van der Waals surface area contributed by atoms with E-state index in [4.69, 9.17) is 4.74 Å². The molecule has 0 aromatic heterocycles. The Hall–Kier alpha value is -1.08. The summed E-state index contributed by atoms with van der Waals surface area (Å²) in [4.78, 5) is 4.69. The van der Waals surface area contributed by atoms with Crippen LogP contribution in [-0.2, 0) is 11.2 Å². The first kappa shape index (κ1) is 22.0. The van der Waals surface area contributed by atoms with Crippen molar-refractivity contribution >= 4 is 29.9 Å². The number of hydrogen-bond donors (Lipinski definition) is 2. The number of nitrogens with one attached hydrogen (secondary N) is 2. The predicted molar refractivity (Wildman–Crippen MR) is 117 cm³/mol. The van der Waals surface area contributed by atoms with E-state index in [9.17, 15) is 0 Å². The lowest BCUT2D eigenvalue weighted by Gasteiger charge is -2.14. The molecule has 1 aromatic rings. The van der Waals surface area contributed by atoms with Crippen LogP contribution in [0.25, 0.3) is 0 Å². The van der Waals surface area contributed by atoms with Crippen molar-refractivity contribution in [2.45, 2.75) is 40.0 Å². The average molecular weight is 457 g/mol. The fourth-order valence-corrected chi connectivity index (χ4v) is 2.98. The molecule has 25 heavy (non-hydrogen) atoms. The molecule has 0 fully saturated rings. The second-order valence-corrected chi connectivity index (χ2v) is 6.37. The third-order valence-electron chi connectivity index (χ3n) is 4.09. The molecule has 1 aliphatic heterocycles.